The second kappa shape index (κ2) is 13.0. The maximum Gasteiger partial charge on any atom is 0.342 e. The molecule has 7 atom stereocenters. The molecule has 5 N–H and O–H groups in total. The number of halogens is 1. The lowest BCUT2D eigenvalue weighted by molar-refractivity contribution is -0.278. The molecule has 3 aromatic carbocycles. The Hall–Kier alpha value is -4.04. The van der Waals surface area contributed by atoms with Crippen molar-refractivity contribution in [3.8, 4) is 16.9 Å². The molecule has 0 radical (unpaired) electrons. The van der Waals surface area contributed by atoms with Crippen LogP contribution < -0.4 is 4.74 Å². The lowest BCUT2D eigenvalue weighted by Gasteiger charge is -2.37. The van der Waals surface area contributed by atoms with Gasteiger partial charge in [-0.2, -0.15) is 0 Å². The highest BCUT2D eigenvalue weighted by Crippen LogP contribution is 2.34. The summed E-state index contributed by atoms with van der Waals surface area (Å²) in [6, 6.07) is 17.5. The smallest absolute Gasteiger partial charge is 0.342 e. The highest BCUT2D eigenvalue weighted by Gasteiger charge is 2.48. The number of aliphatic hydroxyl groups excluding tert-OH is 4. The van der Waals surface area contributed by atoms with E-state index in [0.29, 0.717) is 36.3 Å². The van der Waals surface area contributed by atoms with Crippen LogP contribution in [0.1, 0.15) is 51.1 Å². The molecule has 0 spiro atoms. The van der Waals surface area contributed by atoms with Gasteiger partial charge in [-0.15, -0.1) is 0 Å². The Morgan fingerprint density at radius 1 is 0.935 bits per heavy atom. The van der Waals surface area contributed by atoms with Crippen molar-refractivity contribution in [3.05, 3.63) is 87.9 Å². The van der Waals surface area contributed by atoms with Crippen molar-refractivity contribution in [2.45, 2.75) is 75.3 Å². The second-order valence-corrected chi connectivity index (χ2v) is 12.1. The molecule has 3 aliphatic rings. The molecule has 0 bridgehead atoms. The summed E-state index contributed by atoms with van der Waals surface area (Å²) in [6.45, 7) is 0.700. The quantitative estimate of drug-likeness (QED) is 0.225. The lowest BCUT2D eigenvalue weighted by Crippen LogP contribution is -2.60. The average molecular weight is 654 g/mol. The fourth-order valence-electron chi connectivity index (χ4n) is 6.11. The van der Waals surface area contributed by atoms with Gasteiger partial charge in [0.2, 0.25) is 6.29 Å². The third-order valence-electron chi connectivity index (χ3n) is 8.61. The summed E-state index contributed by atoms with van der Waals surface area (Å²) in [5, 5.41) is 49.3. The van der Waals surface area contributed by atoms with Crippen LogP contribution in [0.25, 0.3) is 11.1 Å². The van der Waals surface area contributed by atoms with Crippen LogP contribution in [-0.2, 0) is 27.4 Å². The fourth-order valence-corrected chi connectivity index (χ4v) is 6.30. The predicted molar refractivity (Wildman–Crippen MR) is 161 cm³/mol. The zero-order valence-electron chi connectivity index (χ0n) is 24.4. The number of carbonyl (C=O) groups is 3. The molecule has 13 heteroatoms. The molecule has 12 nitrogen and oxygen atoms in total. The molecule has 2 aliphatic heterocycles. The summed E-state index contributed by atoms with van der Waals surface area (Å²) in [4.78, 5) is 39.2. The number of rotatable bonds is 8. The van der Waals surface area contributed by atoms with E-state index in [1.165, 1.54) is 12.1 Å². The van der Waals surface area contributed by atoms with E-state index in [9.17, 15) is 39.9 Å². The third-order valence-corrected chi connectivity index (χ3v) is 8.94. The van der Waals surface area contributed by atoms with Crippen LogP contribution in [0.4, 0.5) is 0 Å². The van der Waals surface area contributed by atoms with Crippen molar-refractivity contribution in [2.75, 3.05) is 0 Å². The van der Waals surface area contributed by atoms with Crippen molar-refractivity contribution in [3.63, 3.8) is 0 Å². The second-order valence-electron chi connectivity index (χ2n) is 11.7. The van der Waals surface area contributed by atoms with Crippen molar-refractivity contribution in [2.24, 2.45) is 0 Å². The molecule has 3 unspecified atom stereocenters. The van der Waals surface area contributed by atoms with Crippen LogP contribution in [0.5, 0.6) is 5.75 Å². The van der Waals surface area contributed by atoms with E-state index in [1.54, 1.807) is 18.2 Å². The van der Waals surface area contributed by atoms with Gasteiger partial charge in [0.05, 0.1) is 16.7 Å². The topological polar surface area (TPSA) is 183 Å². The van der Waals surface area contributed by atoms with Crippen molar-refractivity contribution >= 4 is 29.4 Å². The average Bonchev–Trinajstić information content (AvgIpc) is 3.62. The Kier molecular flexibility index (Phi) is 9.01. The molecular weight excluding hydrogens is 622 g/mol. The number of aliphatic carboxylic acids is 1. The third kappa shape index (κ3) is 6.32. The van der Waals surface area contributed by atoms with Crippen LogP contribution in [0, 0.1) is 0 Å². The minimum absolute atomic E-state index is 0.0201. The molecular formula is C33H32ClNO11. The van der Waals surface area contributed by atoms with Gasteiger partial charge < -0.3 is 44.6 Å². The predicted octanol–water partition coefficient (Wildman–Crippen LogP) is 2.50. The standard InChI is InChI=1S/C33H32ClNO11/c34-25-9-4-18(12-24(25)32(43)46-33-28(39)26(37)27(38)29(45-33)31(41)42)17-3-1-2-16(10-17)15-44-22-7-8-23-19(11-22)14-35(30(23)40)20-5-6-21(36)13-20/h1-4,7-12,20-21,26-29,33,36-39H,5-6,13-15H2,(H,41,42)/t20?,21?,26-,27-,28+,29-,33?/m0/s1. The largest absolute Gasteiger partial charge is 0.489 e. The van der Waals surface area contributed by atoms with E-state index in [0.717, 1.165) is 23.1 Å². The Morgan fingerprint density at radius 2 is 1.72 bits per heavy atom. The summed E-state index contributed by atoms with van der Waals surface area (Å²) < 4.78 is 16.3. The Labute approximate surface area is 268 Å². The highest BCUT2D eigenvalue weighted by molar-refractivity contribution is 6.33. The molecule has 2 fully saturated rings. The number of amides is 1. The maximum atomic E-state index is 13.0. The van der Waals surface area contributed by atoms with E-state index in [4.69, 9.17) is 25.8 Å². The first kappa shape index (κ1) is 31.9. The molecule has 6 rings (SSSR count). The normalized spacial score (nSPS) is 27.4. The van der Waals surface area contributed by atoms with Gasteiger partial charge in [0.1, 0.15) is 30.7 Å². The van der Waals surface area contributed by atoms with Gasteiger partial charge in [-0.05, 0) is 77.9 Å². The zero-order chi connectivity index (χ0) is 32.7. The van der Waals surface area contributed by atoms with E-state index in [-0.39, 0.29) is 35.2 Å². The first-order valence-corrected chi connectivity index (χ1v) is 15.1. The summed E-state index contributed by atoms with van der Waals surface area (Å²) in [5.41, 5.74) is 3.56. The Morgan fingerprint density at radius 3 is 2.46 bits per heavy atom. The van der Waals surface area contributed by atoms with Crippen LogP contribution in [-0.4, -0.2) is 91.1 Å². The molecule has 1 amide bonds. The minimum Gasteiger partial charge on any atom is -0.489 e. The monoisotopic (exact) mass is 653 g/mol. The van der Waals surface area contributed by atoms with Crippen molar-refractivity contribution < 1.29 is 54.1 Å². The van der Waals surface area contributed by atoms with Gasteiger partial charge in [0, 0.05) is 18.2 Å². The first-order chi connectivity index (χ1) is 22.0. The van der Waals surface area contributed by atoms with Gasteiger partial charge in [-0.3, -0.25) is 4.79 Å². The van der Waals surface area contributed by atoms with E-state index in [2.05, 4.69) is 0 Å². The zero-order valence-corrected chi connectivity index (χ0v) is 25.1. The molecule has 46 heavy (non-hydrogen) atoms. The Bertz CT molecular complexity index is 1660. The number of hydrogen-bond donors (Lipinski definition) is 5. The number of nitrogens with zero attached hydrogens (tertiary/aromatic N) is 1. The van der Waals surface area contributed by atoms with Gasteiger partial charge in [0.15, 0.2) is 6.10 Å². The molecule has 1 saturated carbocycles. The number of carboxylic acids is 1. The number of fused-ring (bicyclic) bond motifs is 1. The lowest BCUT2D eigenvalue weighted by atomic mass is 9.99. The first-order valence-electron chi connectivity index (χ1n) is 14.8. The minimum atomic E-state index is -1.93. The number of carbonyl (C=O) groups excluding carboxylic acids is 2. The van der Waals surface area contributed by atoms with Crippen LogP contribution in [0.3, 0.4) is 0 Å². The number of aliphatic hydroxyl groups is 4. The SMILES string of the molecule is O=C(OC1O[C@H](C(=O)O)[C@@H](O)[C@H](O)[C@H]1O)c1cc(-c2cccc(COc3ccc4c(c3)CN(C3CCC(O)C3)C4=O)c2)ccc1Cl. The molecule has 1 aliphatic carbocycles. The van der Waals surface area contributed by atoms with Crippen molar-refractivity contribution in [1.29, 1.82) is 0 Å². The van der Waals surface area contributed by atoms with Gasteiger partial charge in [0.25, 0.3) is 5.91 Å². The number of ether oxygens (including phenoxy) is 3. The Balaban J connectivity index is 1.13. The molecule has 2 heterocycles. The number of benzene rings is 3. The van der Waals surface area contributed by atoms with E-state index in [1.807, 2.05) is 35.2 Å². The molecule has 242 valence electrons. The van der Waals surface area contributed by atoms with Crippen LogP contribution in [0.15, 0.2) is 60.7 Å². The number of hydrogen-bond acceptors (Lipinski definition) is 10. The molecule has 1 saturated heterocycles. The maximum absolute atomic E-state index is 13.0. The fraction of sp³-hybridized carbons (Fsp3) is 0.364. The molecule has 0 aromatic heterocycles. The van der Waals surface area contributed by atoms with Gasteiger partial charge in [-0.1, -0.05) is 35.9 Å². The number of esters is 1. The summed E-state index contributed by atoms with van der Waals surface area (Å²) in [6.07, 6.45) is -7.85. The summed E-state index contributed by atoms with van der Waals surface area (Å²) >= 11 is 6.27. The van der Waals surface area contributed by atoms with Crippen LogP contribution in [0.2, 0.25) is 5.02 Å². The molecule has 3 aromatic rings. The van der Waals surface area contributed by atoms with Crippen molar-refractivity contribution in [1.82, 2.24) is 4.90 Å². The van der Waals surface area contributed by atoms with Crippen LogP contribution >= 0.6 is 11.6 Å². The van der Waals surface area contributed by atoms with E-state index < -0.39 is 42.6 Å². The number of carboxylic acid groups (broad SMARTS) is 1. The summed E-state index contributed by atoms with van der Waals surface area (Å²) in [5.74, 6) is -2.07. The van der Waals surface area contributed by atoms with Gasteiger partial charge >= 0.3 is 11.9 Å². The van der Waals surface area contributed by atoms with Gasteiger partial charge in [-0.25, -0.2) is 9.59 Å². The highest BCUT2D eigenvalue weighted by atomic mass is 35.5. The summed E-state index contributed by atoms with van der Waals surface area (Å²) in [7, 11) is 0. The van der Waals surface area contributed by atoms with E-state index >= 15 is 0 Å².